The Hall–Kier alpha value is -12.8. The highest BCUT2D eigenvalue weighted by molar-refractivity contribution is 6.13. The summed E-state index contributed by atoms with van der Waals surface area (Å²) in [4.78, 5) is 15.3. The molecule has 0 saturated heterocycles. The van der Waals surface area contributed by atoms with E-state index in [0.29, 0.717) is 56.5 Å². The highest BCUT2D eigenvalue weighted by Gasteiger charge is 2.25. The van der Waals surface area contributed by atoms with Gasteiger partial charge in [0.05, 0.1) is 115 Å². The molecular weight excluding hydrogens is 1010 g/mol. The van der Waals surface area contributed by atoms with E-state index in [4.69, 9.17) is 15.0 Å². The molecule has 12 nitrogen and oxygen atoms in total. The summed E-state index contributed by atoms with van der Waals surface area (Å²) in [5, 5.41) is 75.1. The predicted octanol–water partition coefficient (Wildman–Crippen LogP) is 15.2. The first-order valence-corrected chi connectivity index (χ1v) is 25.7. The summed E-state index contributed by atoms with van der Waals surface area (Å²) in [5.74, 6) is 1.40. The Morgan fingerprint density at radius 2 is 0.671 bits per heavy atom. The first-order chi connectivity index (χ1) is 40.3. The molecule has 374 valence electrons. The molecule has 82 heavy (non-hydrogen) atoms. The zero-order chi connectivity index (χ0) is 56.0. The quantitative estimate of drug-likeness (QED) is 0.140. The molecule has 0 aliphatic carbocycles. The van der Waals surface area contributed by atoms with Crippen LogP contribution in [0, 0.1) is 79.3 Å². The third-order valence-electron chi connectivity index (χ3n) is 14.8. The van der Waals surface area contributed by atoms with Crippen LogP contribution < -0.4 is 0 Å². The minimum atomic E-state index is 0.203. The molecule has 10 aromatic carbocycles. The van der Waals surface area contributed by atoms with Crippen molar-refractivity contribution in [3.8, 4) is 121 Å². The van der Waals surface area contributed by atoms with Crippen molar-refractivity contribution in [2.45, 2.75) is 0 Å². The maximum atomic E-state index is 10.7. The first kappa shape index (κ1) is 48.9. The monoisotopic (exact) mass is 1040 g/mol. The van der Waals surface area contributed by atoms with Crippen molar-refractivity contribution in [2.24, 2.45) is 0 Å². The van der Waals surface area contributed by atoms with Crippen LogP contribution in [0.1, 0.15) is 38.9 Å². The molecule has 0 radical (unpaired) electrons. The van der Waals surface area contributed by atoms with Crippen molar-refractivity contribution in [1.29, 1.82) is 36.8 Å². The molecule has 3 heterocycles. The van der Waals surface area contributed by atoms with Gasteiger partial charge in [-0.3, -0.25) is 0 Å². The van der Waals surface area contributed by atoms with E-state index in [0.717, 1.165) is 71.6 Å². The number of nitrogens with zero attached hydrogens (tertiary/aromatic N) is 12. The third kappa shape index (κ3) is 8.07. The van der Waals surface area contributed by atoms with Gasteiger partial charge in [-0.15, -0.1) is 0 Å². The number of rotatable bonds is 8. The lowest BCUT2D eigenvalue weighted by molar-refractivity contribution is 1.07. The molecule has 0 N–H and O–H groups in total. The van der Waals surface area contributed by atoms with Crippen molar-refractivity contribution in [3.63, 3.8) is 0 Å². The summed E-state index contributed by atoms with van der Waals surface area (Å²) < 4.78 is 4.33. The second-order valence-corrected chi connectivity index (χ2v) is 19.3. The number of hydrogen-bond acceptors (Lipinski definition) is 10. The maximum Gasteiger partial charge on any atom is 0.164 e. The zero-order valence-electron chi connectivity index (χ0n) is 43.0. The van der Waals surface area contributed by atoms with Crippen LogP contribution in [0.3, 0.4) is 0 Å². The number of nitriles is 7. The minimum Gasteiger partial charge on any atom is -0.309 e. The Balaban J connectivity index is 1.11. The molecule has 0 aliphatic rings. The van der Waals surface area contributed by atoms with E-state index >= 15 is 0 Å². The van der Waals surface area contributed by atoms with E-state index in [1.54, 1.807) is 6.07 Å². The Morgan fingerprint density at radius 3 is 1.12 bits per heavy atom. The molecule has 13 aromatic rings. The Kier molecular flexibility index (Phi) is 11.9. The molecule has 0 aliphatic heterocycles. The number of aromatic nitrogens is 5. The largest absolute Gasteiger partial charge is 0.309 e. The number of fused-ring (bicyclic) bond motifs is 6. The lowest BCUT2D eigenvalue weighted by Gasteiger charge is -2.20. The van der Waals surface area contributed by atoms with Gasteiger partial charge in [0.2, 0.25) is 0 Å². The lowest BCUT2D eigenvalue weighted by atomic mass is 9.92. The molecule has 0 fully saturated rings. The van der Waals surface area contributed by atoms with Gasteiger partial charge in [0.1, 0.15) is 0 Å². The molecule has 0 saturated carbocycles. The van der Waals surface area contributed by atoms with Crippen LogP contribution in [0.2, 0.25) is 0 Å². The van der Waals surface area contributed by atoms with Crippen LogP contribution in [-0.4, -0.2) is 24.1 Å². The van der Waals surface area contributed by atoms with E-state index < -0.39 is 0 Å². The van der Waals surface area contributed by atoms with E-state index in [1.807, 2.05) is 164 Å². The van der Waals surface area contributed by atoms with Crippen LogP contribution in [0.4, 0.5) is 0 Å². The molecule has 0 unspecified atom stereocenters. The van der Waals surface area contributed by atoms with Crippen LogP contribution in [0.25, 0.3) is 123 Å². The van der Waals surface area contributed by atoms with Gasteiger partial charge < -0.3 is 9.13 Å². The van der Waals surface area contributed by atoms with Crippen molar-refractivity contribution in [1.82, 2.24) is 24.1 Å². The highest BCUT2D eigenvalue weighted by Crippen LogP contribution is 2.45. The summed E-state index contributed by atoms with van der Waals surface area (Å²) in [5.41, 5.74) is 12.3. The summed E-state index contributed by atoms with van der Waals surface area (Å²) >= 11 is 0. The SMILES string of the molecule is N#Cc1cc(C#N)c(-c2ccc3c(c2)c2ccccc2n3-c2ccc(-c3nc(-c4ccccc4)nc(-c4ccccc4)n3)cc2-c2ccc(C#N)cc2-n2c3ccccc3c3cc(-c4c(C#N)cc(C#N)cc4C#N)ccc32)c(C#N)c1. The molecular formula is C70H34N12. The van der Waals surface area contributed by atoms with Gasteiger partial charge in [0.25, 0.3) is 0 Å². The Morgan fingerprint density at radius 1 is 0.268 bits per heavy atom. The number of hydrogen-bond donors (Lipinski definition) is 0. The summed E-state index contributed by atoms with van der Waals surface area (Å²) in [6, 6.07) is 80.4. The van der Waals surface area contributed by atoms with Gasteiger partial charge in [0, 0.05) is 60.5 Å². The molecule has 13 rings (SSSR count). The number of para-hydroxylation sites is 2. The van der Waals surface area contributed by atoms with Gasteiger partial charge in [-0.25, -0.2) is 15.0 Å². The fraction of sp³-hybridized carbons (Fsp3) is 0. The highest BCUT2D eigenvalue weighted by atomic mass is 15.0. The normalized spacial score (nSPS) is 10.8. The average molecular weight is 1040 g/mol. The topological polar surface area (TPSA) is 215 Å². The van der Waals surface area contributed by atoms with E-state index in [9.17, 15) is 36.8 Å². The second-order valence-electron chi connectivity index (χ2n) is 19.3. The minimum absolute atomic E-state index is 0.203. The molecule has 0 atom stereocenters. The predicted molar refractivity (Wildman–Crippen MR) is 314 cm³/mol. The van der Waals surface area contributed by atoms with Crippen molar-refractivity contribution in [3.05, 3.63) is 245 Å². The summed E-state index contributed by atoms with van der Waals surface area (Å²) in [6.45, 7) is 0. The first-order valence-electron chi connectivity index (χ1n) is 25.7. The molecule has 12 heteroatoms. The maximum absolute atomic E-state index is 10.7. The lowest BCUT2D eigenvalue weighted by Crippen LogP contribution is -2.04. The van der Waals surface area contributed by atoms with Crippen molar-refractivity contribution >= 4 is 43.6 Å². The molecule has 0 amide bonds. The zero-order valence-corrected chi connectivity index (χ0v) is 43.0. The second kappa shape index (κ2) is 20.0. The fourth-order valence-electron chi connectivity index (χ4n) is 11.2. The van der Waals surface area contributed by atoms with Crippen molar-refractivity contribution < 1.29 is 0 Å². The van der Waals surface area contributed by atoms with E-state index in [2.05, 4.69) is 63.8 Å². The van der Waals surface area contributed by atoms with Gasteiger partial charge in [0.15, 0.2) is 17.5 Å². The molecule has 0 bridgehead atoms. The van der Waals surface area contributed by atoms with Gasteiger partial charge in [-0.1, -0.05) is 115 Å². The molecule has 0 spiro atoms. The summed E-state index contributed by atoms with van der Waals surface area (Å²) in [6.07, 6.45) is 0. The van der Waals surface area contributed by atoms with Gasteiger partial charge in [-0.05, 0) is 102 Å². The van der Waals surface area contributed by atoms with Crippen LogP contribution in [0.15, 0.2) is 206 Å². The fourth-order valence-corrected chi connectivity index (χ4v) is 11.2. The standard InChI is InChI=1S/C70H34N12/c71-35-42-19-23-56(65(31-42)82-61-18-10-8-16-55(61)58-33-48(21-25-64(58)82)67-52(40-76)29-44(37-73)30-53(67)41-77)59-34-49(70-79-68(45-11-3-1-4-12-45)78-69(80-70)46-13-5-2-6-14-46)22-26-63(59)81-60-17-9-7-15-54(60)57-32-47(20-24-62(57)81)66-50(38-74)27-43(36-72)28-51(66)39-75/h1-34H. The number of benzene rings is 10. The average Bonchev–Trinajstić information content (AvgIpc) is 3.08. The van der Waals surface area contributed by atoms with E-state index in [1.165, 1.54) is 24.3 Å². The Bertz CT molecular complexity index is 5070. The molecule has 3 aromatic heterocycles. The smallest absolute Gasteiger partial charge is 0.164 e. The van der Waals surface area contributed by atoms with Crippen molar-refractivity contribution in [2.75, 3.05) is 0 Å². The van der Waals surface area contributed by atoms with Gasteiger partial charge >= 0.3 is 0 Å². The van der Waals surface area contributed by atoms with Crippen LogP contribution in [0.5, 0.6) is 0 Å². The van der Waals surface area contributed by atoms with E-state index in [-0.39, 0.29) is 33.4 Å². The van der Waals surface area contributed by atoms with Gasteiger partial charge in [-0.2, -0.15) is 36.8 Å². The Labute approximate surface area is 468 Å². The van der Waals surface area contributed by atoms with Crippen LogP contribution in [-0.2, 0) is 0 Å². The third-order valence-corrected chi connectivity index (χ3v) is 14.8. The summed E-state index contributed by atoms with van der Waals surface area (Å²) in [7, 11) is 0. The van der Waals surface area contributed by atoms with Crippen LogP contribution >= 0.6 is 0 Å².